The molecule has 6 heteroatoms. The summed E-state index contributed by atoms with van der Waals surface area (Å²) in [4.78, 5) is 28.8. The number of aromatic nitrogens is 2. The summed E-state index contributed by atoms with van der Waals surface area (Å²) in [7, 11) is 0. The van der Waals surface area contributed by atoms with Crippen molar-refractivity contribution < 1.29 is 14.6 Å². The Balaban J connectivity index is 1.42. The number of carboxylic acid groups (broad SMARTS) is 1. The van der Waals surface area contributed by atoms with Crippen LogP contribution in [0.3, 0.4) is 0 Å². The van der Waals surface area contributed by atoms with Crippen molar-refractivity contribution in [1.29, 1.82) is 0 Å². The fourth-order valence-corrected chi connectivity index (χ4v) is 3.89. The summed E-state index contributed by atoms with van der Waals surface area (Å²) in [6, 6.07) is 22.2. The Morgan fingerprint density at radius 1 is 1.06 bits per heavy atom. The van der Waals surface area contributed by atoms with Gasteiger partial charge in [0.25, 0.3) is 5.56 Å². The Labute approximate surface area is 184 Å². The van der Waals surface area contributed by atoms with Gasteiger partial charge >= 0.3 is 5.97 Å². The van der Waals surface area contributed by atoms with Gasteiger partial charge < -0.3 is 9.84 Å². The minimum Gasteiger partial charge on any atom is -0.489 e. The Kier molecular flexibility index (Phi) is 5.03. The Hall–Kier alpha value is -4.19. The fourth-order valence-electron chi connectivity index (χ4n) is 3.89. The van der Waals surface area contributed by atoms with Crippen LogP contribution in [0.5, 0.6) is 5.75 Å². The van der Waals surface area contributed by atoms with E-state index in [9.17, 15) is 14.7 Å². The van der Waals surface area contributed by atoms with Gasteiger partial charge in [-0.2, -0.15) is 0 Å². The van der Waals surface area contributed by atoms with Gasteiger partial charge in [-0.25, -0.2) is 9.78 Å². The molecule has 32 heavy (non-hydrogen) atoms. The van der Waals surface area contributed by atoms with Crippen LogP contribution in [0.15, 0.2) is 77.6 Å². The number of allylic oxidation sites excluding steroid dienone is 1. The van der Waals surface area contributed by atoms with Gasteiger partial charge in [-0.15, -0.1) is 0 Å². The molecule has 158 valence electrons. The quantitative estimate of drug-likeness (QED) is 0.506. The summed E-state index contributed by atoms with van der Waals surface area (Å²) >= 11 is 0. The van der Waals surface area contributed by atoms with E-state index in [1.807, 2.05) is 60.7 Å². The van der Waals surface area contributed by atoms with Crippen LogP contribution in [0.1, 0.15) is 33.7 Å². The maximum Gasteiger partial charge on any atom is 0.335 e. The van der Waals surface area contributed by atoms with E-state index in [1.54, 1.807) is 4.57 Å². The number of fused-ring (bicyclic) bond motifs is 2. The lowest BCUT2D eigenvalue weighted by atomic mass is 10.1. The van der Waals surface area contributed by atoms with Gasteiger partial charge in [0.05, 0.1) is 16.5 Å². The van der Waals surface area contributed by atoms with Crippen LogP contribution in [0.25, 0.3) is 22.6 Å². The first-order valence-corrected chi connectivity index (χ1v) is 10.3. The zero-order valence-electron chi connectivity index (χ0n) is 17.2. The maximum atomic E-state index is 12.9. The van der Waals surface area contributed by atoms with Crippen LogP contribution in [-0.4, -0.2) is 20.6 Å². The van der Waals surface area contributed by atoms with E-state index in [2.05, 4.69) is 4.98 Å². The summed E-state index contributed by atoms with van der Waals surface area (Å²) in [6.07, 6.45) is 2.70. The number of aromatic carboxylic acids is 1. The molecule has 5 rings (SSSR count). The summed E-state index contributed by atoms with van der Waals surface area (Å²) in [5.74, 6) is 0.332. The Morgan fingerprint density at radius 3 is 2.59 bits per heavy atom. The topological polar surface area (TPSA) is 81.4 Å². The highest BCUT2D eigenvalue weighted by molar-refractivity contribution is 5.93. The number of carboxylic acids is 1. The van der Waals surface area contributed by atoms with Crippen molar-refractivity contribution in [3.05, 3.63) is 106 Å². The van der Waals surface area contributed by atoms with Gasteiger partial charge in [-0.3, -0.25) is 9.36 Å². The highest BCUT2D eigenvalue weighted by Crippen LogP contribution is 2.28. The minimum atomic E-state index is -1.04. The standard InChI is InChI=1S/C26H20N2O4/c29-25-22-11-8-20(26(30)31)15-23(22)27-24-19(12-13-28(24)25)14-17-6-9-21(10-7-17)32-16-18-4-2-1-3-5-18/h1-11,14-15H,12-13,16H2,(H,30,31)/b19-14-. The predicted molar refractivity (Wildman–Crippen MR) is 123 cm³/mol. The van der Waals surface area contributed by atoms with Crippen molar-refractivity contribution in [3.8, 4) is 5.75 Å². The third kappa shape index (κ3) is 3.78. The summed E-state index contributed by atoms with van der Waals surface area (Å²) < 4.78 is 7.50. The zero-order chi connectivity index (χ0) is 22.1. The molecular weight excluding hydrogens is 404 g/mol. The first kappa shape index (κ1) is 19.8. The molecule has 1 N–H and O–H groups in total. The highest BCUT2D eigenvalue weighted by atomic mass is 16.5. The molecule has 0 atom stereocenters. The third-order valence-electron chi connectivity index (χ3n) is 5.56. The van der Waals surface area contributed by atoms with E-state index >= 15 is 0 Å². The van der Waals surface area contributed by atoms with Gasteiger partial charge in [0.15, 0.2) is 0 Å². The van der Waals surface area contributed by atoms with Crippen LogP contribution in [-0.2, 0) is 13.2 Å². The van der Waals surface area contributed by atoms with E-state index in [-0.39, 0.29) is 11.1 Å². The van der Waals surface area contributed by atoms with E-state index in [0.717, 1.165) is 22.4 Å². The second-order valence-electron chi connectivity index (χ2n) is 7.69. The monoisotopic (exact) mass is 424 g/mol. The molecule has 2 heterocycles. The van der Waals surface area contributed by atoms with Gasteiger partial charge in [-0.05, 0) is 59.5 Å². The highest BCUT2D eigenvalue weighted by Gasteiger charge is 2.21. The first-order valence-electron chi connectivity index (χ1n) is 10.3. The van der Waals surface area contributed by atoms with Gasteiger partial charge in [0.1, 0.15) is 18.2 Å². The molecule has 0 bridgehead atoms. The van der Waals surface area contributed by atoms with E-state index in [0.29, 0.717) is 36.3 Å². The molecule has 4 aromatic rings. The van der Waals surface area contributed by atoms with Crippen molar-refractivity contribution in [2.75, 3.05) is 0 Å². The van der Waals surface area contributed by atoms with E-state index < -0.39 is 5.97 Å². The van der Waals surface area contributed by atoms with Crippen molar-refractivity contribution in [1.82, 2.24) is 9.55 Å². The Morgan fingerprint density at radius 2 is 1.84 bits per heavy atom. The molecule has 0 unspecified atom stereocenters. The summed E-state index contributed by atoms with van der Waals surface area (Å²) in [5, 5.41) is 9.68. The minimum absolute atomic E-state index is 0.115. The first-order chi connectivity index (χ1) is 15.6. The van der Waals surface area contributed by atoms with Crippen LogP contribution in [0.2, 0.25) is 0 Å². The number of hydrogen-bond acceptors (Lipinski definition) is 4. The molecule has 6 nitrogen and oxygen atoms in total. The van der Waals surface area contributed by atoms with Gasteiger partial charge in [0.2, 0.25) is 0 Å². The van der Waals surface area contributed by atoms with Gasteiger partial charge in [-0.1, -0.05) is 42.5 Å². The number of carbonyl (C=O) groups is 1. The van der Waals surface area contributed by atoms with Crippen LogP contribution < -0.4 is 10.3 Å². The third-order valence-corrected chi connectivity index (χ3v) is 5.56. The summed E-state index contributed by atoms with van der Waals surface area (Å²) in [6.45, 7) is 1.06. The average molecular weight is 424 g/mol. The van der Waals surface area contributed by atoms with E-state index in [4.69, 9.17) is 4.74 Å². The number of rotatable bonds is 5. The molecule has 0 aliphatic carbocycles. The lowest BCUT2D eigenvalue weighted by molar-refractivity contribution is 0.0697. The van der Waals surface area contributed by atoms with E-state index in [1.165, 1.54) is 18.2 Å². The predicted octanol–water partition coefficient (Wildman–Crippen LogP) is 4.62. The van der Waals surface area contributed by atoms with Gasteiger partial charge in [0, 0.05) is 6.54 Å². The van der Waals surface area contributed by atoms with Crippen molar-refractivity contribution >= 4 is 28.5 Å². The molecule has 0 fully saturated rings. The number of hydrogen-bond donors (Lipinski definition) is 1. The largest absolute Gasteiger partial charge is 0.489 e. The van der Waals surface area contributed by atoms with Crippen LogP contribution >= 0.6 is 0 Å². The zero-order valence-corrected chi connectivity index (χ0v) is 17.2. The molecule has 3 aromatic carbocycles. The Bertz CT molecular complexity index is 1400. The molecular formula is C26H20N2O4. The lowest BCUT2D eigenvalue weighted by Crippen LogP contribution is -2.20. The number of ether oxygens (including phenoxy) is 1. The van der Waals surface area contributed by atoms with Crippen molar-refractivity contribution in [2.45, 2.75) is 19.6 Å². The van der Waals surface area contributed by atoms with Crippen LogP contribution in [0.4, 0.5) is 0 Å². The molecule has 0 spiro atoms. The SMILES string of the molecule is O=C(O)c1ccc2c(=O)n3c(nc2c1)/C(=C\c1ccc(OCc2ccccc2)cc1)CC3. The normalized spacial score (nSPS) is 13.9. The second-order valence-corrected chi connectivity index (χ2v) is 7.69. The molecule has 0 amide bonds. The molecule has 1 aliphatic rings. The second kappa shape index (κ2) is 8.15. The molecule has 0 saturated heterocycles. The molecule has 0 saturated carbocycles. The summed E-state index contributed by atoms with van der Waals surface area (Å²) in [5.41, 5.74) is 3.41. The van der Waals surface area contributed by atoms with Crippen molar-refractivity contribution in [2.24, 2.45) is 0 Å². The van der Waals surface area contributed by atoms with Crippen molar-refractivity contribution in [3.63, 3.8) is 0 Å². The molecule has 1 aromatic heterocycles. The fraction of sp³-hybridized carbons (Fsp3) is 0.115. The molecule has 1 aliphatic heterocycles. The maximum absolute atomic E-state index is 12.9. The number of benzene rings is 3. The lowest BCUT2D eigenvalue weighted by Gasteiger charge is -2.07. The van der Waals surface area contributed by atoms with Crippen LogP contribution in [0, 0.1) is 0 Å². The number of nitrogens with zero attached hydrogens (tertiary/aromatic N) is 2. The molecule has 0 radical (unpaired) electrons. The smallest absolute Gasteiger partial charge is 0.335 e. The average Bonchev–Trinajstić information content (AvgIpc) is 3.21.